The minimum Gasteiger partial charge on any atom is -0.432 e. The quantitative estimate of drug-likeness (QED) is 0.487. The van der Waals surface area contributed by atoms with E-state index in [-0.39, 0.29) is 11.9 Å². The van der Waals surface area contributed by atoms with Crippen molar-refractivity contribution >= 4 is 11.8 Å². The summed E-state index contributed by atoms with van der Waals surface area (Å²) in [7, 11) is 0. The Hall–Kier alpha value is -3.40. The third-order valence-corrected chi connectivity index (χ3v) is 6.59. The number of nitrogens with zero attached hydrogens (tertiary/aromatic N) is 5. The molecular formula is C23H21F3N6O. The molecule has 0 spiro atoms. The van der Waals surface area contributed by atoms with E-state index in [0.717, 1.165) is 44.6 Å². The van der Waals surface area contributed by atoms with Gasteiger partial charge in [-0.1, -0.05) is 12.1 Å². The molecule has 3 fully saturated rings. The van der Waals surface area contributed by atoms with Crippen LogP contribution in [0.3, 0.4) is 0 Å². The van der Waals surface area contributed by atoms with Crippen molar-refractivity contribution in [2.75, 3.05) is 25.0 Å². The maximum absolute atomic E-state index is 13.3. The van der Waals surface area contributed by atoms with Crippen molar-refractivity contribution in [2.24, 2.45) is 5.92 Å². The normalized spacial score (nSPS) is 22.7. The summed E-state index contributed by atoms with van der Waals surface area (Å²) >= 11 is 0. The van der Waals surface area contributed by atoms with Gasteiger partial charge in [-0.05, 0) is 50.0 Å². The van der Waals surface area contributed by atoms with Crippen molar-refractivity contribution in [3.05, 3.63) is 54.6 Å². The lowest BCUT2D eigenvalue weighted by atomic mass is 9.84. The number of piperidine rings is 3. The molecule has 0 saturated carbocycles. The highest BCUT2D eigenvalue weighted by Gasteiger charge is 2.34. The summed E-state index contributed by atoms with van der Waals surface area (Å²) in [6, 6.07) is 7.14. The van der Waals surface area contributed by atoms with Crippen LogP contribution < -0.4 is 5.32 Å². The largest absolute Gasteiger partial charge is 0.432 e. The number of nitrogens with one attached hydrogen (secondary N) is 1. The Balaban J connectivity index is 1.40. The molecule has 1 aromatic carbocycles. The highest BCUT2D eigenvalue weighted by atomic mass is 19.4. The molecule has 0 unspecified atom stereocenters. The van der Waals surface area contributed by atoms with Gasteiger partial charge in [0.1, 0.15) is 17.7 Å². The van der Waals surface area contributed by atoms with E-state index in [1.54, 1.807) is 28.9 Å². The van der Waals surface area contributed by atoms with Crippen LogP contribution in [0.2, 0.25) is 0 Å². The van der Waals surface area contributed by atoms with E-state index < -0.39 is 11.7 Å². The van der Waals surface area contributed by atoms with E-state index in [9.17, 15) is 13.2 Å². The van der Waals surface area contributed by atoms with Crippen LogP contribution in [0.5, 0.6) is 0 Å². The smallest absolute Gasteiger partial charge is 0.416 e. The minimum absolute atomic E-state index is 0.280. The number of halogens is 3. The van der Waals surface area contributed by atoms with E-state index in [1.165, 1.54) is 12.3 Å². The Kier molecular flexibility index (Phi) is 4.65. The highest BCUT2D eigenvalue weighted by molar-refractivity contribution is 5.80. The zero-order valence-corrected chi connectivity index (χ0v) is 17.6. The highest BCUT2D eigenvalue weighted by Crippen LogP contribution is 2.36. The number of imidazole rings is 1. The van der Waals surface area contributed by atoms with Gasteiger partial charge in [-0.25, -0.2) is 9.97 Å². The number of oxazole rings is 1. The van der Waals surface area contributed by atoms with E-state index in [4.69, 9.17) is 9.40 Å². The van der Waals surface area contributed by atoms with Gasteiger partial charge in [0, 0.05) is 30.5 Å². The molecule has 3 aliphatic rings. The van der Waals surface area contributed by atoms with Gasteiger partial charge < -0.3 is 14.6 Å². The van der Waals surface area contributed by atoms with E-state index in [0.29, 0.717) is 34.5 Å². The van der Waals surface area contributed by atoms with E-state index in [2.05, 4.69) is 20.2 Å². The fourth-order valence-corrected chi connectivity index (χ4v) is 4.93. The number of hydrogen-bond donors (Lipinski definition) is 1. The van der Waals surface area contributed by atoms with Gasteiger partial charge in [-0.15, -0.1) is 0 Å². The molecule has 7 nitrogen and oxygen atoms in total. The van der Waals surface area contributed by atoms with Gasteiger partial charge in [0.2, 0.25) is 5.95 Å². The Morgan fingerprint density at radius 2 is 1.94 bits per heavy atom. The van der Waals surface area contributed by atoms with E-state index >= 15 is 0 Å². The molecule has 0 amide bonds. The number of fused-ring (bicyclic) bond motifs is 4. The second kappa shape index (κ2) is 7.58. The molecule has 1 N–H and O–H groups in total. The van der Waals surface area contributed by atoms with Crippen molar-refractivity contribution in [2.45, 2.75) is 25.1 Å². The monoisotopic (exact) mass is 454 g/mol. The number of aromatic nitrogens is 4. The summed E-state index contributed by atoms with van der Waals surface area (Å²) in [6.07, 6.45) is 2.69. The second-order valence-electron chi connectivity index (χ2n) is 8.60. The number of rotatable bonds is 4. The summed E-state index contributed by atoms with van der Waals surface area (Å²) in [5, 5.41) is 3.48. The number of hydrogen-bond acceptors (Lipinski definition) is 6. The van der Waals surface area contributed by atoms with Crippen LogP contribution >= 0.6 is 0 Å². The third-order valence-electron chi connectivity index (χ3n) is 6.59. The van der Waals surface area contributed by atoms with Crippen molar-refractivity contribution in [3.8, 4) is 22.6 Å². The van der Waals surface area contributed by atoms with Crippen molar-refractivity contribution in [1.29, 1.82) is 0 Å². The predicted molar refractivity (Wildman–Crippen MR) is 115 cm³/mol. The number of anilines is 1. The maximum atomic E-state index is 13.3. The standard InChI is InChI=1S/C23H21F3N6O/c24-23(25,26)16-3-1-2-15(12-16)19-20(32-10-11-33-22(32)30-19)17-4-7-27-21(28-17)29-18-13-31-8-5-14(18)6-9-31/h1-4,7,10-12,14,18H,5-6,8-9,13H2,(H,27,28,29)/t18-/m1/s1. The number of alkyl halides is 3. The van der Waals surface area contributed by atoms with Gasteiger partial charge in [0.25, 0.3) is 0 Å². The molecule has 3 saturated heterocycles. The summed E-state index contributed by atoms with van der Waals surface area (Å²) in [6.45, 7) is 3.24. The van der Waals surface area contributed by atoms with E-state index in [1.807, 2.05) is 0 Å². The molecular weight excluding hydrogens is 433 g/mol. The molecule has 33 heavy (non-hydrogen) atoms. The molecule has 0 radical (unpaired) electrons. The van der Waals surface area contributed by atoms with Crippen LogP contribution in [0.15, 0.2) is 53.4 Å². The Labute approximate surface area is 187 Å². The first kappa shape index (κ1) is 20.2. The average molecular weight is 454 g/mol. The van der Waals surface area contributed by atoms with Crippen LogP contribution in [0, 0.1) is 5.92 Å². The van der Waals surface area contributed by atoms with Crippen LogP contribution in [0.1, 0.15) is 18.4 Å². The first-order valence-corrected chi connectivity index (χ1v) is 10.9. The average Bonchev–Trinajstić information content (AvgIpc) is 3.41. The summed E-state index contributed by atoms with van der Waals surface area (Å²) in [5.41, 5.74) is 1.08. The van der Waals surface area contributed by atoms with Gasteiger partial charge in [-0.3, -0.25) is 4.40 Å². The molecule has 0 aliphatic carbocycles. The molecule has 7 rings (SSSR count). The maximum Gasteiger partial charge on any atom is 0.416 e. The molecule has 3 aliphatic heterocycles. The Morgan fingerprint density at radius 1 is 1.09 bits per heavy atom. The first-order chi connectivity index (χ1) is 16.0. The molecule has 6 heterocycles. The fourth-order valence-electron chi connectivity index (χ4n) is 4.93. The Morgan fingerprint density at radius 3 is 2.70 bits per heavy atom. The lowest BCUT2D eigenvalue weighted by Crippen LogP contribution is -2.53. The molecule has 4 aromatic rings. The van der Waals surface area contributed by atoms with Crippen LogP contribution in [-0.2, 0) is 6.18 Å². The molecule has 2 bridgehead atoms. The second-order valence-corrected chi connectivity index (χ2v) is 8.60. The van der Waals surface area contributed by atoms with Gasteiger partial charge in [0.05, 0.1) is 11.3 Å². The van der Waals surface area contributed by atoms with Crippen molar-refractivity contribution in [3.63, 3.8) is 0 Å². The minimum atomic E-state index is -4.45. The Bertz CT molecular complexity index is 1310. The first-order valence-electron chi connectivity index (χ1n) is 10.9. The van der Waals surface area contributed by atoms with Crippen molar-refractivity contribution < 1.29 is 17.6 Å². The SMILES string of the molecule is FC(F)(F)c1cccc(-c2nc3occn3c2-c2ccnc(N[C@@H]3CN4CCC3CC4)n2)c1. The third kappa shape index (κ3) is 3.64. The van der Waals surface area contributed by atoms with Crippen LogP contribution in [0.4, 0.5) is 19.1 Å². The zero-order chi connectivity index (χ0) is 22.6. The van der Waals surface area contributed by atoms with Crippen LogP contribution in [-0.4, -0.2) is 49.9 Å². The summed E-state index contributed by atoms with van der Waals surface area (Å²) < 4.78 is 47.1. The summed E-state index contributed by atoms with van der Waals surface area (Å²) in [5.74, 6) is 1.38. The lowest BCUT2D eigenvalue weighted by Gasteiger charge is -2.44. The number of benzene rings is 1. The zero-order valence-electron chi connectivity index (χ0n) is 17.6. The topological polar surface area (TPSA) is 71.5 Å². The predicted octanol–water partition coefficient (Wildman–Crippen LogP) is 4.58. The molecule has 1 atom stereocenters. The van der Waals surface area contributed by atoms with Crippen molar-refractivity contribution in [1.82, 2.24) is 24.3 Å². The summed E-state index contributed by atoms with van der Waals surface area (Å²) in [4.78, 5) is 16.0. The van der Waals surface area contributed by atoms with Gasteiger partial charge >= 0.3 is 12.0 Å². The fraction of sp³-hybridized carbons (Fsp3) is 0.348. The molecule has 3 aromatic heterocycles. The van der Waals surface area contributed by atoms with Crippen LogP contribution in [0.25, 0.3) is 28.5 Å². The van der Waals surface area contributed by atoms with Gasteiger partial charge in [-0.2, -0.15) is 18.2 Å². The lowest BCUT2D eigenvalue weighted by molar-refractivity contribution is -0.137. The van der Waals surface area contributed by atoms with Gasteiger partial charge in [0.15, 0.2) is 0 Å². The molecule has 170 valence electrons. The molecule has 10 heteroatoms.